The maximum absolute atomic E-state index is 12.2. The van der Waals surface area contributed by atoms with Crippen LogP contribution in [-0.2, 0) is 11.3 Å². The van der Waals surface area contributed by atoms with Crippen molar-refractivity contribution in [1.82, 2.24) is 25.4 Å². The summed E-state index contributed by atoms with van der Waals surface area (Å²) in [5.41, 5.74) is 0.617. The van der Waals surface area contributed by atoms with Crippen LogP contribution in [0.4, 0.5) is 4.79 Å². The van der Waals surface area contributed by atoms with Crippen LogP contribution in [0.3, 0.4) is 0 Å². The summed E-state index contributed by atoms with van der Waals surface area (Å²) in [6.07, 6.45) is -0.217. The molecule has 0 unspecified atom stereocenters. The molecule has 0 bridgehead atoms. The zero-order valence-electron chi connectivity index (χ0n) is 18.7. The van der Waals surface area contributed by atoms with Gasteiger partial charge in [0, 0.05) is 50.7 Å². The van der Waals surface area contributed by atoms with Crippen molar-refractivity contribution in [3.8, 4) is 0 Å². The molecule has 1 amide bonds. The number of hydrogen-bond donors (Lipinski definition) is 2. The second-order valence-electron chi connectivity index (χ2n) is 8.17. The largest absolute Gasteiger partial charge is 0.444 e. The second-order valence-corrected chi connectivity index (χ2v) is 9.46. The van der Waals surface area contributed by atoms with E-state index in [9.17, 15) is 4.79 Å². The molecular weight excluding hydrogens is 388 g/mol. The Kier molecular flexibility index (Phi) is 8.70. The molecule has 0 aliphatic carbocycles. The predicted molar refractivity (Wildman–Crippen MR) is 119 cm³/mol. The fourth-order valence-corrected chi connectivity index (χ4v) is 3.89. The van der Waals surface area contributed by atoms with Crippen molar-refractivity contribution in [3.63, 3.8) is 0 Å². The number of carbonyl (C=O) groups excluding carboxylic acids is 1. The van der Waals surface area contributed by atoms with Gasteiger partial charge in [-0.15, -0.1) is 11.3 Å². The average molecular weight is 425 g/mol. The number of nitrogens with one attached hydrogen (secondary N) is 2. The summed E-state index contributed by atoms with van der Waals surface area (Å²) in [5.74, 6) is 0.824. The fraction of sp³-hybridized carbons (Fsp3) is 0.750. The van der Waals surface area contributed by atoms with Crippen LogP contribution in [0.15, 0.2) is 4.99 Å². The van der Waals surface area contributed by atoms with Gasteiger partial charge < -0.3 is 20.3 Å². The number of rotatable bonds is 6. The third-order valence-electron chi connectivity index (χ3n) is 4.47. The first kappa shape index (κ1) is 23.4. The van der Waals surface area contributed by atoms with E-state index in [-0.39, 0.29) is 6.09 Å². The molecule has 1 saturated heterocycles. The van der Waals surface area contributed by atoms with Crippen LogP contribution in [0.2, 0.25) is 0 Å². The van der Waals surface area contributed by atoms with Crippen LogP contribution < -0.4 is 10.6 Å². The van der Waals surface area contributed by atoms with E-state index in [2.05, 4.69) is 32.4 Å². The molecule has 164 valence electrons. The molecule has 1 aromatic rings. The van der Waals surface area contributed by atoms with Crippen molar-refractivity contribution >= 4 is 23.4 Å². The van der Waals surface area contributed by atoms with Gasteiger partial charge in [-0.05, 0) is 41.5 Å². The number of thiazole rings is 1. The molecule has 8 nitrogen and oxygen atoms in total. The quantitative estimate of drug-likeness (QED) is 0.539. The van der Waals surface area contributed by atoms with Gasteiger partial charge in [0.05, 0.1) is 17.2 Å². The maximum atomic E-state index is 12.2. The van der Waals surface area contributed by atoms with E-state index in [1.165, 1.54) is 4.88 Å². The predicted octanol–water partition coefficient (Wildman–Crippen LogP) is 2.37. The zero-order chi connectivity index (χ0) is 21.4. The first-order chi connectivity index (χ1) is 13.7. The molecule has 0 saturated carbocycles. The monoisotopic (exact) mass is 424 g/mol. The maximum Gasteiger partial charge on any atom is 0.410 e. The van der Waals surface area contributed by atoms with Crippen molar-refractivity contribution < 1.29 is 9.53 Å². The molecule has 1 aliphatic rings. The Labute approximate surface area is 178 Å². The Morgan fingerprint density at radius 1 is 1.21 bits per heavy atom. The molecule has 2 N–H and O–H groups in total. The third-order valence-corrected chi connectivity index (χ3v) is 5.53. The van der Waals surface area contributed by atoms with E-state index in [1.54, 1.807) is 16.2 Å². The Balaban J connectivity index is 1.74. The zero-order valence-corrected chi connectivity index (χ0v) is 19.5. The molecule has 1 aliphatic heterocycles. The highest BCUT2D eigenvalue weighted by Gasteiger charge is 2.25. The standard InChI is InChI=1S/C20H36N6O2S/c1-7-21-18(23-14-17-15(2)24-16(3)29-17)22-8-9-25-10-12-26(13-11-25)19(27)28-20(4,5)6/h7-14H2,1-6H3,(H2,21,22,23). The lowest BCUT2D eigenvalue weighted by molar-refractivity contribution is 0.0147. The molecular formula is C20H36N6O2S. The SMILES string of the molecule is CCNC(=NCc1sc(C)nc1C)NCCN1CCN(C(=O)OC(C)(C)C)CC1. The number of nitrogens with zero attached hydrogens (tertiary/aromatic N) is 4. The minimum atomic E-state index is -0.448. The number of carbonyl (C=O) groups is 1. The normalized spacial score (nSPS) is 16.1. The molecule has 1 fully saturated rings. The number of hydrogen-bond acceptors (Lipinski definition) is 6. The molecule has 0 aromatic carbocycles. The van der Waals surface area contributed by atoms with Gasteiger partial charge in [-0.25, -0.2) is 14.8 Å². The summed E-state index contributed by atoms with van der Waals surface area (Å²) in [6, 6.07) is 0. The summed E-state index contributed by atoms with van der Waals surface area (Å²) >= 11 is 1.70. The summed E-state index contributed by atoms with van der Waals surface area (Å²) in [6.45, 7) is 18.1. The van der Waals surface area contributed by atoms with E-state index in [0.29, 0.717) is 19.6 Å². The van der Waals surface area contributed by atoms with Gasteiger partial charge in [-0.2, -0.15) is 0 Å². The van der Waals surface area contributed by atoms with Crippen LogP contribution >= 0.6 is 11.3 Å². The first-order valence-electron chi connectivity index (χ1n) is 10.3. The summed E-state index contributed by atoms with van der Waals surface area (Å²) < 4.78 is 5.45. The molecule has 29 heavy (non-hydrogen) atoms. The van der Waals surface area contributed by atoms with Crippen LogP contribution in [0.25, 0.3) is 0 Å². The number of piperazine rings is 1. The minimum absolute atomic E-state index is 0.217. The fourth-order valence-electron chi connectivity index (χ4n) is 3.03. The Morgan fingerprint density at radius 3 is 2.45 bits per heavy atom. The number of aromatic nitrogens is 1. The minimum Gasteiger partial charge on any atom is -0.444 e. The number of amides is 1. The molecule has 2 heterocycles. The third kappa shape index (κ3) is 8.18. The smallest absolute Gasteiger partial charge is 0.410 e. The van der Waals surface area contributed by atoms with E-state index < -0.39 is 5.60 Å². The van der Waals surface area contributed by atoms with Crippen molar-refractivity contribution in [3.05, 3.63) is 15.6 Å². The highest BCUT2D eigenvalue weighted by Crippen LogP contribution is 2.17. The number of aliphatic imine (C=N–C) groups is 1. The van der Waals surface area contributed by atoms with Gasteiger partial charge in [0.1, 0.15) is 5.60 Å². The van der Waals surface area contributed by atoms with Crippen LogP contribution in [-0.4, -0.2) is 78.3 Å². The molecule has 2 rings (SSSR count). The van der Waals surface area contributed by atoms with E-state index in [1.807, 2.05) is 34.6 Å². The van der Waals surface area contributed by atoms with Crippen LogP contribution in [0.1, 0.15) is 43.3 Å². The second kappa shape index (κ2) is 10.8. The van der Waals surface area contributed by atoms with Gasteiger partial charge in [0.2, 0.25) is 0 Å². The Morgan fingerprint density at radius 2 is 1.90 bits per heavy atom. The highest BCUT2D eigenvalue weighted by atomic mass is 32.1. The van der Waals surface area contributed by atoms with Gasteiger partial charge in [-0.1, -0.05) is 0 Å². The summed E-state index contributed by atoms with van der Waals surface area (Å²) in [7, 11) is 0. The lowest BCUT2D eigenvalue weighted by Crippen LogP contribution is -2.51. The molecule has 0 radical (unpaired) electrons. The molecule has 0 spiro atoms. The summed E-state index contributed by atoms with van der Waals surface area (Å²) in [5, 5.41) is 7.78. The lowest BCUT2D eigenvalue weighted by Gasteiger charge is -2.35. The first-order valence-corrected chi connectivity index (χ1v) is 11.1. The van der Waals surface area contributed by atoms with Gasteiger partial charge >= 0.3 is 6.09 Å². The summed E-state index contributed by atoms with van der Waals surface area (Å²) in [4.78, 5) is 26.7. The van der Waals surface area contributed by atoms with E-state index in [4.69, 9.17) is 4.74 Å². The number of guanidine groups is 1. The van der Waals surface area contributed by atoms with Gasteiger partial charge in [0.15, 0.2) is 5.96 Å². The van der Waals surface area contributed by atoms with Crippen molar-refractivity contribution in [2.24, 2.45) is 4.99 Å². The van der Waals surface area contributed by atoms with Crippen molar-refractivity contribution in [2.45, 2.75) is 53.7 Å². The van der Waals surface area contributed by atoms with Gasteiger partial charge in [0.25, 0.3) is 0 Å². The Hall–Kier alpha value is -1.87. The molecule has 1 aromatic heterocycles. The highest BCUT2D eigenvalue weighted by molar-refractivity contribution is 7.11. The van der Waals surface area contributed by atoms with E-state index in [0.717, 1.165) is 49.4 Å². The van der Waals surface area contributed by atoms with Crippen molar-refractivity contribution in [2.75, 3.05) is 45.8 Å². The molecule has 0 atom stereocenters. The number of ether oxygens (including phenoxy) is 1. The van der Waals surface area contributed by atoms with Gasteiger partial charge in [-0.3, -0.25) is 4.90 Å². The van der Waals surface area contributed by atoms with Crippen LogP contribution in [0, 0.1) is 13.8 Å². The lowest BCUT2D eigenvalue weighted by atomic mass is 10.2. The molecule has 9 heteroatoms. The average Bonchev–Trinajstić information content (AvgIpc) is 2.96. The topological polar surface area (TPSA) is 82.1 Å². The van der Waals surface area contributed by atoms with Crippen LogP contribution in [0.5, 0.6) is 0 Å². The number of aryl methyl sites for hydroxylation is 2. The van der Waals surface area contributed by atoms with E-state index >= 15 is 0 Å². The van der Waals surface area contributed by atoms with Crippen molar-refractivity contribution in [1.29, 1.82) is 0 Å². The Bertz CT molecular complexity index is 690.